The maximum Gasteiger partial charge on any atom is 0.306 e. The number of esters is 3. The average Bonchev–Trinajstić information content (AvgIpc) is 3.28. The van der Waals surface area contributed by atoms with Crippen molar-refractivity contribution >= 4 is 17.9 Å². The molecule has 0 aliphatic rings. The van der Waals surface area contributed by atoms with E-state index in [-0.39, 0.29) is 31.1 Å². The zero-order chi connectivity index (χ0) is 45.8. The van der Waals surface area contributed by atoms with Crippen LogP contribution in [0.2, 0.25) is 0 Å². The fourth-order valence-corrected chi connectivity index (χ4v) is 7.38. The van der Waals surface area contributed by atoms with E-state index in [1.807, 2.05) is 0 Å². The lowest BCUT2D eigenvalue weighted by molar-refractivity contribution is -0.167. The van der Waals surface area contributed by atoms with Crippen molar-refractivity contribution in [1.82, 2.24) is 0 Å². The summed E-state index contributed by atoms with van der Waals surface area (Å²) in [6.45, 7) is 6.56. The number of carbonyl (C=O) groups is 3. The predicted octanol–water partition coefficient (Wildman–Crippen LogP) is 17.6. The molecule has 0 aliphatic heterocycles. The Labute approximate surface area is 390 Å². The van der Waals surface area contributed by atoms with Crippen molar-refractivity contribution in [2.75, 3.05) is 13.2 Å². The van der Waals surface area contributed by atoms with Gasteiger partial charge in [-0.3, -0.25) is 14.4 Å². The molecule has 0 heterocycles. The molecule has 0 aromatic heterocycles. The third-order valence-corrected chi connectivity index (χ3v) is 11.5. The van der Waals surface area contributed by atoms with Gasteiger partial charge in [-0.25, -0.2) is 0 Å². The Hall–Kier alpha value is -2.89. The summed E-state index contributed by atoms with van der Waals surface area (Å²) in [5.74, 6) is -0.917. The van der Waals surface area contributed by atoms with Crippen LogP contribution in [0.4, 0.5) is 0 Å². The molecule has 0 aromatic carbocycles. The van der Waals surface area contributed by atoms with Crippen molar-refractivity contribution in [3.63, 3.8) is 0 Å². The Kier molecular flexibility index (Phi) is 49.4. The zero-order valence-electron chi connectivity index (χ0n) is 41.6. The van der Waals surface area contributed by atoms with Crippen molar-refractivity contribution in [3.05, 3.63) is 60.8 Å². The molecule has 63 heavy (non-hydrogen) atoms. The van der Waals surface area contributed by atoms with E-state index in [0.29, 0.717) is 19.3 Å². The molecule has 0 fully saturated rings. The number of hydrogen-bond acceptors (Lipinski definition) is 6. The first kappa shape index (κ1) is 60.1. The van der Waals surface area contributed by atoms with E-state index in [0.717, 1.165) is 89.9 Å². The number of carbonyl (C=O) groups excluding carboxylic acids is 3. The highest BCUT2D eigenvalue weighted by Crippen LogP contribution is 2.14. The van der Waals surface area contributed by atoms with Crippen LogP contribution in [-0.4, -0.2) is 37.2 Å². The predicted molar refractivity (Wildman–Crippen MR) is 270 cm³/mol. The Bertz CT molecular complexity index is 1150. The van der Waals surface area contributed by atoms with Crippen LogP contribution in [0.3, 0.4) is 0 Å². The lowest BCUT2D eigenvalue weighted by atomic mass is 10.1. The Balaban J connectivity index is 4.43. The van der Waals surface area contributed by atoms with Crippen LogP contribution in [0.15, 0.2) is 60.8 Å². The SMILES string of the molecule is CCCCC/C=C\C/C=C\C/C=C\CCCCCCC(=O)OC[C@H](COC(=O)CCCCCCC/C=C\CCCCCC)OC(=O)CCCCCCCCC/C=C\CCCCCC. The molecular weight excluding hydrogens is 781 g/mol. The Morgan fingerprint density at radius 3 is 0.937 bits per heavy atom. The smallest absolute Gasteiger partial charge is 0.306 e. The van der Waals surface area contributed by atoms with Crippen LogP contribution in [0, 0.1) is 0 Å². The third-order valence-electron chi connectivity index (χ3n) is 11.5. The van der Waals surface area contributed by atoms with E-state index in [4.69, 9.17) is 14.2 Å². The van der Waals surface area contributed by atoms with Gasteiger partial charge in [0.1, 0.15) is 13.2 Å². The summed E-state index contributed by atoms with van der Waals surface area (Å²) in [6, 6.07) is 0. The standard InChI is InChI=1S/C57H100O6/c1-4-7-10-13-16-19-22-25-27-28-30-32-35-38-41-44-47-50-56(59)62-53-54(52-61-55(58)49-46-43-40-37-34-31-24-21-18-15-12-9-6-3)63-57(60)51-48-45-42-39-36-33-29-26-23-20-17-14-11-8-5-2/h16,19-21,23-25,27,30,32,54H,4-15,17-18,22,26,28-29,31,33-53H2,1-3H3/b19-16-,23-20-,24-21-,27-25-,32-30-/t54-/m0/s1. The number of ether oxygens (including phenoxy) is 3. The third kappa shape index (κ3) is 50.0. The van der Waals surface area contributed by atoms with Crippen molar-refractivity contribution in [2.24, 2.45) is 0 Å². The molecule has 0 bridgehead atoms. The first-order valence-corrected chi connectivity index (χ1v) is 26.8. The Morgan fingerprint density at radius 2 is 0.571 bits per heavy atom. The minimum absolute atomic E-state index is 0.0871. The summed E-state index contributed by atoms with van der Waals surface area (Å²) in [4.78, 5) is 38.0. The summed E-state index contributed by atoms with van der Waals surface area (Å²) in [5, 5.41) is 0. The Morgan fingerprint density at radius 1 is 0.317 bits per heavy atom. The largest absolute Gasteiger partial charge is 0.462 e. The molecule has 0 aliphatic carbocycles. The van der Waals surface area contributed by atoms with Gasteiger partial charge < -0.3 is 14.2 Å². The molecule has 6 heteroatoms. The van der Waals surface area contributed by atoms with E-state index in [1.54, 1.807) is 0 Å². The van der Waals surface area contributed by atoms with E-state index in [1.165, 1.54) is 135 Å². The van der Waals surface area contributed by atoms with Crippen molar-refractivity contribution in [1.29, 1.82) is 0 Å². The van der Waals surface area contributed by atoms with Crippen molar-refractivity contribution < 1.29 is 28.6 Å². The van der Waals surface area contributed by atoms with E-state index < -0.39 is 6.10 Å². The summed E-state index contributed by atoms with van der Waals surface area (Å²) >= 11 is 0. The second kappa shape index (κ2) is 51.7. The molecule has 0 N–H and O–H groups in total. The van der Waals surface area contributed by atoms with Gasteiger partial charge in [0.15, 0.2) is 6.10 Å². The molecule has 0 rings (SSSR count). The quantitative estimate of drug-likeness (QED) is 0.0262. The highest BCUT2D eigenvalue weighted by atomic mass is 16.6. The molecule has 0 amide bonds. The van der Waals surface area contributed by atoms with Crippen LogP contribution in [-0.2, 0) is 28.6 Å². The van der Waals surface area contributed by atoms with Crippen LogP contribution in [0.5, 0.6) is 0 Å². The second-order valence-electron chi connectivity index (χ2n) is 17.8. The summed E-state index contributed by atoms with van der Waals surface area (Å²) in [7, 11) is 0. The molecule has 1 atom stereocenters. The number of allylic oxidation sites excluding steroid dienone is 10. The number of unbranched alkanes of at least 4 members (excludes halogenated alkanes) is 27. The van der Waals surface area contributed by atoms with Gasteiger partial charge in [-0.15, -0.1) is 0 Å². The van der Waals surface area contributed by atoms with Gasteiger partial charge in [-0.2, -0.15) is 0 Å². The van der Waals surface area contributed by atoms with Crippen LogP contribution in [0.1, 0.15) is 265 Å². The topological polar surface area (TPSA) is 78.9 Å². The summed E-state index contributed by atoms with van der Waals surface area (Å²) in [6.07, 6.45) is 63.4. The monoisotopic (exact) mass is 881 g/mol. The van der Waals surface area contributed by atoms with Crippen molar-refractivity contribution in [3.8, 4) is 0 Å². The first-order valence-electron chi connectivity index (χ1n) is 26.8. The fraction of sp³-hybridized carbons (Fsp3) is 0.772. The van der Waals surface area contributed by atoms with Crippen molar-refractivity contribution in [2.45, 2.75) is 271 Å². The molecule has 0 radical (unpaired) electrons. The molecule has 0 unspecified atom stereocenters. The maximum atomic E-state index is 12.8. The molecule has 6 nitrogen and oxygen atoms in total. The molecule has 0 saturated heterocycles. The highest BCUT2D eigenvalue weighted by molar-refractivity contribution is 5.71. The number of rotatable bonds is 48. The van der Waals surface area contributed by atoms with E-state index in [2.05, 4.69) is 81.5 Å². The van der Waals surface area contributed by atoms with Gasteiger partial charge in [0.05, 0.1) is 0 Å². The number of hydrogen-bond donors (Lipinski definition) is 0. The lowest BCUT2D eigenvalue weighted by Crippen LogP contribution is -2.30. The molecule has 0 aromatic rings. The molecule has 0 spiro atoms. The van der Waals surface area contributed by atoms with Gasteiger partial charge in [0.25, 0.3) is 0 Å². The van der Waals surface area contributed by atoms with Gasteiger partial charge in [-0.1, -0.05) is 197 Å². The van der Waals surface area contributed by atoms with Gasteiger partial charge in [0.2, 0.25) is 0 Å². The van der Waals surface area contributed by atoms with E-state index >= 15 is 0 Å². The maximum absolute atomic E-state index is 12.8. The first-order chi connectivity index (χ1) is 31.0. The van der Waals surface area contributed by atoms with E-state index in [9.17, 15) is 14.4 Å². The fourth-order valence-electron chi connectivity index (χ4n) is 7.38. The minimum Gasteiger partial charge on any atom is -0.462 e. The zero-order valence-corrected chi connectivity index (χ0v) is 41.6. The van der Waals surface area contributed by atoms with Crippen LogP contribution in [0.25, 0.3) is 0 Å². The van der Waals surface area contributed by atoms with Gasteiger partial charge >= 0.3 is 17.9 Å². The normalized spacial score (nSPS) is 12.5. The second-order valence-corrected chi connectivity index (χ2v) is 17.8. The minimum atomic E-state index is -0.788. The molecule has 0 saturated carbocycles. The molecule has 364 valence electrons. The lowest BCUT2D eigenvalue weighted by Gasteiger charge is -2.18. The summed E-state index contributed by atoms with van der Waals surface area (Å²) < 4.78 is 16.8. The molecular formula is C57H100O6. The highest BCUT2D eigenvalue weighted by Gasteiger charge is 2.19. The van der Waals surface area contributed by atoms with Crippen LogP contribution >= 0.6 is 0 Å². The van der Waals surface area contributed by atoms with Gasteiger partial charge in [0, 0.05) is 19.3 Å². The van der Waals surface area contributed by atoms with Gasteiger partial charge in [-0.05, 0) is 109 Å². The summed E-state index contributed by atoms with van der Waals surface area (Å²) in [5.41, 5.74) is 0. The van der Waals surface area contributed by atoms with Crippen LogP contribution < -0.4 is 0 Å². The average molecular weight is 881 g/mol.